The second-order valence-electron chi connectivity index (χ2n) is 6.46. The zero-order chi connectivity index (χ0) is 22.4. The van der Waals surface area contributed by atoms with Crippen molar-refractivity contribution in [3.63, 3.8) is 0 Å². The molecule has 0 saturated carbocycles. The van der Waals surface area contributed by atoms with Crippen molar-refractivity contribution in [2.24, 2.45) is 0 Å². The van der Waals surface area contributed by atoms with E-state index in [9.17, 15) is 13.2 Å². The highest BCUT2D eigenvalue weighted by Crippen LogP contribution is 2.29. The fourth-order valence-corrected chi connectivity index (χ4v) is 3.64. The molecule has 0 aliphatic carbocycles. The number of amides is 1. The number of benzene rings is 2. The average molecular weight is 446 g/mol. The van der Waals surface area contributed by atoms with E-state index in [-0.39, 0.29) is 18.1 Å². The normalized spacial score (nSPS) is 11.1. The molecule has 1 heterocycles. The lowest BCUT2D eigenvalue weighted by molar-refractivity contribution is -0.119. The zero-order valence-corrected chi connectivity index (χ0v) is 18.0. The van der Waals surface area contributed by atoms with Crippen molar-refractivity contribution < 1.29 is 27.2 Å². The Hall–Kier alpha value is -3.60. The first-order valence-electron chi connectivity index (χ1n) is 9.16. The van der Waals surface area contributed by atoms with Crippen molar-refractivity contribution in [3.05, 3.63) is 54.4 Å². The Bertz CT molecular complexity index is 1160. The molecule has 11 heteroatoms. The molecule has 1 amide bonds. The fourth-order valence-electron chi connectivity index (χ4n) is 2.78. The molecule has 3 aromatic rings. The Labute approximate surface area is 179 Å². The van der Waals surface area contributed by atoms with Gasteiger partial charge in [0.05, 0.1) is 32.7 Å². The van der Waals surface area contributed by atoms with Gasteiger partial charge in [-0.05, 0) is 24.3 Å². The number of methoxy groups -OCH3 is 2. The molecule has 164 valence electrons. The van der Waals surface area contributed by atoms with Crippen LogP contribution in [0.3, 0.4) is 0 Å². The maximum Gasteiger partial charge on any atom is 0.246 e. The first kappa shape index (κ1) is 22.1. The number of hydrogen-bond acceptors (Lipinski definition) is 8. The van der Waals surface area contributed by atoms with Gasteiger partial charge in [0.1, 0.15) is 18.0 Å². The van der Waals surface area contributed by atoms with Gasteiger partial charge in [0.2, 0.25) is 27.6 Å². The Morgan fingerprint density at radius 2 is 1.90 bits per heavy atom. The first-order chi connectivity index (χ1) is 14.8. The molecule has 3 rings (SSSR count). The van der Waals surface area contributed by atoms with E-state index in [0.717, 1.165) is 10.6 Å². The van der Waals surface area contributed by atoms with Gasteiger partial charge in [0, 0.05) is 5.56 Å². The van der Waals surface area contributed by atoms with Crippen LogP contribution < -0.4 is 19.1 Å². The van der Waals surface area contributed by atoms with E-state index in [1.165, 1.54) is 7.11 Å². The molecule has 0 spiro atoms. The summed E-state index contributed by atoms with van der Waals surface area (Å²) in [5.74, 6) is 0.955. The number of sulfonamides is 1. The van der Waals surface area contributed by atoms with Gasteiger partial charge < -0.3 is 19.3 Å². The number of rotatable bonds is 9. The zero-order valence-electron chi connectivity index (χ0n) is 17.2. The number of nitrogens with zero attached hydrogens (tertiary/aromatic N) is 3. The number of para-hydroxylation sites is 2. The minimum Gasteiger partial charge on any atom is -0.497 e. The number of carbonyl (C=O) groups excluding carboxylic acids is 1. The molecule has 2 aromatic carbocycles. The van der Waals surface area contributed by atoms with Crippen molar-refractivity contribution >= 4 is 21.6 Å². The number of hydrogen-bond donors (Lipinski definition) is 1. The van der Waals surface area contributed by atoms with Gasteiger partial charge >= 0.3 is 0 Å². The maximum atomic E-state index is 12.4. The summed E-state index contributed by atoms with van der Waals surface area (Å²) in [5, 5.41) is 6.48. The number of anilines is 1. The Kier molecular flexibility index (Phi) is 6.75. The number of carbonyl (C=O) groups is 1. The van der Waals surface area contributed by atoms with E-state index in [2.05, 4.69) is 15.5 Å². The van der Waals surface area contributed by atoms with Crippen LogP contribution in [0.15, 0.2) is 53.1 Å². The van der Waals surface area contributed by atoms with E-state index in [0.29, 0.717) is 22.9 Å². The molecule has 0 unspecified atom stereocenters. The summed E-state index contributed by atoms with van der Waals surface area (Å²) < 4.78 is 41.0. The quantitative estimate of drug-likeness (QED) is 0.528. The lowest BCUT2D eigenvalue weighted by Gasteiger charge is -2.23. The Morgan fingerprint density at radius 1 is 1.13 bits per heavy atom. The first-order valence-corrected chi connectivity index (χ1v) is 11.0. The van der Waals surface area contributed by atoms with E-state index >= 15 is 0 Å². The Morgan fingerprint density at radius 3 is 2.61 bits per heavy atom. The topological polar surface area (TPSA) is 124 Å². The van der Waals surface area contributed by atoms with Crippen LogP contribution in [0, 0.1) is 0 Å². The van der Waals surface area contributed by atoms with Gasteiger partial charge in [-0.25, -0.2) is 8.42 Å². The van der Waals surface area contributed by atoms with E-state index in [1.807, 2.05) is 0 Å². The average Bonchev–Trinajstić information content (AvgIpc) is 3.24. The predicted molar refractivity (Wildman–Crippen MR) is 113 cm³/mol. The summed E-state index contributed by atoms with van der Waals surface area (Å²) >= 11 is 0. The summed E-state index contributed by atoms with van der Waals surface area (Å²) in [6.45, 7) is -0.491. The van der Waals surface area contributed by atoms with Gasteiger partial charge in [-0.3, -0.25) is 9.10 Å². The maximum absolute atomic E-state index is 12.4. The number of ether oxygens (including phenoxy) is 2. The minimum atomic E-state index is -3.74. The number of nitrogens with one attached hydrogen (secondary N) is 1. The van der Waals surface area contributed by atoms with Crippen LogP contribution in [-0.2, 0) is 21.4 Å². The van der Waals surface area contributed by atoms with Crippen molar-refractivity contribution in [2.45, 2.75) is 6.54 Å². The monoisotopic (exact) mass is 446 g/mol. The third-order valence-electron chi connectivity index (χ3n) is 4.27. The minimum absolute atomic E-state index is 0.0562. The summed E-state index contributed by atoms with van der Waals surface area (Å²) in [7, 11) is -0.756. The second-order valence-corrected chi connectivity index (χ2v) is 8.37. The molecule has 1 aromatic heterocycles. The molecule has 0 atom stereocenters. The third kappa shape index (κ3) is 5.51. The molecule has 0 aliphatic heterocycles. The van der Waals surface area contributed by atoms with Crippen LogP contribution in [0.5, 0.6) is 11.5 Å². The van der Waals surface area contributed by atoms with Crippen LogP contribution in [0.2, 0.25) is 0 Å². The molecule has 0 bridgehead atoms. The van der Waals surface area contributed by atoms with Gasteiger partial charge in [-0.2, -0.15) is 4.98 Å². The van der Waals surface area contributed by atoms with Gasteiger partial charge in [-0.1, -0.05) is 29.4 Å². The molecule has 0 saturated heterocycles. The second kappa shape index (κ2) is 9.47. The van der Waals surface area contributed by atoms with Crippen molar-refractivity contribution in [1.82, 2.24) is 15.5 Å². The highest BCUT2D eigenvalue weighted by atomic mass is 32.2. The van der Waals surface area contributed by atoms with E-state index < -0.39 is 22.5 Å². The molecule has 0 fully saturated rings. The Balaban J connectivity index is 1.68. The van der Waals surface area contributed by atoms with Crippen molar-refractivity contribution in [1.29, 1.82) is 0 Å². The summed E-state index contributed by atoms with van der Waals surface area (Å²) in [4.78, 5) is 16.7. The third-order valence-corrected chi connectivity index (χ3v) is 5.40. The SMILES string of the molecule is COc1cccc(-c2noc(CNC(=O)CN(c3ccccc3OC)S(C)(=O)=O)n2)c1. The molecule has 10 nitrogen and oxygen atoms in total. The highest BCUT2D eigenvalue weighted by molar-refractivity contribution is 7.92. The smallest absolute Gasteiger partial charge is 0.246 e. The van der Waals surface area contributed by atoms with Gasteiger partial charge in [-0.15, -0.1) is 0 Å². The molecule has 1 N–H and O–H groups in total. The lowest BCUT2D eigenvalue weighted by Crippen LogP contribution is -2.40. The summed E-state index contributed by atoms with van der Waals surface area (Å²) in [6.07, 6.45) is 1.02. The van der Waals surface area contributed by atoms with E-state index in [1.54, 1.807) is 55.6 Å². The van der Waals surface area contributed by atoms with Crippen LogP contribution in [0.1, 0.15) is 5.89 Å². The van der Waals surface area contributed by atoms with Crippen LogP contribution in [0.4, 0.5) is 5.69 Å². The summed E-state index contributed by atoms with van der Waals surface area (Å²) in [6, 6.07) is 13.7. The molecule has 0 aliphatic rings. The number of aromatic nitrogens is 2. The van der Waals surface area contributed by atoms with Crippen LogP contribution >= 0.6 is 0 Å². The largest absolute Gasteiger partial charge is 0.497 e. The molecule has 31 heavy (non-hydrogen) atoms. The highest BCUT2D eigenvalue weighted by Gasteiger charge is 2.24. The van der Waals surface area contributed by atoms with E-state index in [4.69, 9.17) is 14.0 Å². The molecular formula is C20H22N4O6S. The fraction of sp³-hybridized carbons (Fsp3) is 0.250. The van der Waals surface area contributed by atoms with Gasteiger partial charge in [0.15, 0.2) is 0 Å². The van der Waals surface area contributed by atoms with Crippen LogP contribution in [0.25, 0.3) is 11.4 Å². The van der Waals surface area contributed by atoms with Crippen LogP contribution in [-0.4, -0.2) is 51.5 Å². The predicted octanol–water partition coefficient (Wildman–Crippen LogP) is 1.84. The van der Waals surface area contributed by atoms with Crippen molar-refractivity contribution in [2.75, 3.05) is 31.3 Å². The van der Waals surface area contributed by atoms with Gasteiger partial charge in [0.25, 0.3) is 0 Å². The standard InChI is InChI=1S/C20H22N4O6S/c1-28-15-8-6-7-14(11-15)20-22-19(30-23-20)12-21-18(25)13-24(31(3,26)27)16-9-4-5-10-17(16)29-2/h4-11H,12-13H2,1-3H3,(H,21,25). The molecular weight excluding hydrogens is 424 g/mol. The van der Waals surface area contributed by atoms with Crippen molar-refractivity contribution in [3.8, 4) is 22.9 Å². The summed E-state index contributed by atoms with van der Waals surface area (Å²) in [5.41, 5.74) is 0.959. The molecule has 0 radical (unpaired) electrons. The lowest BCUT2D eigenvalue weighted by atomic mass is 10.2.